The zero-order valence-corrected chi connectivity index (χ0v) is 10.6. The molecular weight excluding hydrogens is 286 g/mol. The number of aliphatic hydroxyl groups excluding tert-OH is 1. The van der Waals surface area contributed by atoms with Crippen LogP contribution >= 0.6 is 0 Å². The minimum Gasteiger partial charge on any atom is -0.399 e. The first-order valence-corrected chi connectivity index (χ1v) is 7.38. The number of nitrogens with two attached hydrogens (primary N) is 1. The highest BCUT2D eigenvalue weighted by atomic mass is 32.3. The van der Waals surface area contributed by atoms with Crippen molar-refractivity contribution in [2.75, 3.05) is 12.3 Å². The monoisotopic (exact) mass is 297 g/mol. The summed E-state index contributed by atoms with van der Waals surface area (Å²) in [6.45, 7) is -0.915. The third kappa shape index (κ3) is 3.92. The van der Waals surface area contributed by atoms with Crippen LogP contribution in [0.25, 0.3) is 0 Å². The molecular formula is C8H11NO7S2. The molecule has 4 N–H and O–H groups in total. The number of benzene rings is 1. The van der Waals surface area contributed by atoms with Crippen molar-refractivity contribution in [3.63, 3.8) is 0 Å². The molecule has 1 aromatic rings. The summed E-state index contributed by atoms with van der Waals surface area (Å²) in [5.74, 6) is 0. The van der Waals surface area contributed by atoms with Gasteiger partial charge < -0.3 is 10.8 Å². The molecule has 0 amide bonds. The number of rotatable bonds is 5. The summed E-state index contributed by atoms with van der Waals surface area (Å²) in [7, 11) is -9.90. The number of nitrogen functional groups attached to an aromatic ring is 1. The largest absolute Gasteiger partial charge is 0.412 e. The molecule has 0 radical (unpaired) electrons. The number of hydrogen-bond donors (Lipinski definition) is 3. The van der Waals surface area contributed by atoms with E-state index < -0.39 is 32.4 Å². The summed E-state index contributed by atoms with van der Waals surface area (Å²) in [6, 6.07) is 5.34. The molecule has 0 spiro atoms. The lowest BCUT2D eigenvalue weighted by Crippen LogP contribution is -2.22. The van der Waals surface area contributed by atoms with Crippen molar-refractivity contribution < 1.29 is 30.1 Å². The fourth-order valence-electron chi connectivity index (χ4n) is 1.24. The first-order valence-electron chi connectivity index (χ1n) is 4.54. The van der Waals surface area contributed by atoms with E-state index in [1.165, 1.54) is 24.3 Å². The smallest absolute Gasteiger partial charge is 0.399 e. The van der Waals surface area contributed by atoms with E-state index in [1.54, 1.807) is 0 Å². The second-order valence-electron chi connectivity index (χ2n) is 3.33. The van der Waals surface area contributed by atoms with Gasteiger partial charge >= 0.3 is 10.4 Å². The second kappa shape index (κ2) is 5.20. The third-order valence-electron chi connectivity index (χ3n) is 2.00. The molecule has 1 unspecified atom stereocenters. The molecule has 18 heavy (non-hydrogen) atoms. The Labute approximate surface area is 104 Å². The zero-order chi connectivity index (χ0) is 14.0. The van der Waals surface area contributed by atoms with Crippen LogP contribution in [0.15, 0.2) is 24.3 Å². The Hall–Kier alpha value is -1.20. The molecule has 102 valence electrons. The predicted molar refractivity (Wildman–Crippen MR) is 62.2 cm³/mol. The summed E-state index contributed by atoms with van der Waals surface area (Å²) in [6.07, 6.45) is 0. The molecule has 1 atom stereocenters. The maximum Gasteiger partial charge on any atom is 0.412 e. The number of hydrogen-bond acceptors (Lipinski definition) is 7. The van der Waals surface area contributed by atoms with E-state index in [2.05, 4.69) is 3.63 Å². The van der Waals surface area contributed by atoms with Gasteiger partial charge in [0.2, 0.25) is 0 Å². The van der Waals surface area contributed by atoms with E-state index in [1.807, 2.05) is 0 Å². The van der Waals surface area contributed by atoms with Crippen molar-refractivity contribution in [1.82, 2.24) is 0 Å². The summed E-state index contributed by atoms with van der Waals surface area (Å²) in [4.78, 5) is 0. The first-order chi connectivity index (χ1) is 8.15. The van der Waals surface area contributed by atoms with Gasteiger partial charge in [0, 0.05) is 5.69 Å². The average Bonchev–Trinajstić information content (AvgIpc) is 2.17. The quantitative estimate of drug-likeness (QED) is 0.485. The molecule has 0 saturated carbocycles. The minimum absolute atomic E-state index is 0.0790. The number of anilines is 1. The maximum absolute atomic E-state index is 11.5. The van der Waals surface area contributed by atoms with Gasteiger partial charge in [0.25, 0.3) is 10.1 Å². The van der Waals surface area contributed by atoms with Crippen molar-refractivity contribution in [1.29, 1.82) is 0 Å². The van der Waals surface area contributed by atoms with Crippen molar-refractivity contribution >= 4 is 26.2 Å². The molecule has 0 aliphatic heterocycles. The zero-order valence-electron chi connectivity index (χ0n) is 8.92. The lowest BCUT2D eigenvalue weighted by molar-refractivity contribution is 0.284. The van der Waals surface area contributed by atoms with Crippen molar-refractivity contribution in [2.45, 2.75) is 5.25 Å². The first kappa shape index (κ1) is 14.9. The van der Waals surface area contributed by atoms with E-state index in [9.17, 15) is 16.8 Å². The van der Waals surface area contributed by atoms with Gasteiger partial charge in [0.15, 0.2) is 0 Å². The highest BCUT2D eigenvalue weighted by Crippen LogP contribution is 2.25. The molecule has 1 rings (SSSR count). The van der Waals surface area contributed by atoms with Crippen LogP contribution in [-0.2, 0) is 24.1 Å². The summed E-state index contributed by atoms with van der Waals surface area (Å²) >= 11 is 0. The fraction of sp³-hybridized carbons (Fsp3) is 0.250. The third-order valence-corrected chi connectivity index (χ3v) is 4.57. The van der Waals surface area contributed by atoms with Crippen LogP contribution in [-0.4, -0.2) is 33.1 Å². The van der Waals surface area contributed by atoms with Crippen molar-refractivity contribution in [2.24, 2.45) is 0 Å². The number of aliphatic hydroxyl groups is 1. The Morgan fingerprint density at radius 3 is 2.06 bits per heavy atom. The highest BCUT2D eigenvalue weighted by molar-refractivity contribution is 7.97. The van der Waals surface area contributed by atoms with Gasteiger partial charge in [-0.3, -0.25) is 4.55 Å². The van der Waals surface area contributed by atoms with E-state index in [-0.39, 0.29) is 5.56 Å². The molecule has 0 aromatic heterocycles. The Kier molecular flexibility index (Phi) is 4.29. The molecule has 0 heterocycles. The fourth-order valence-corrected chi connectivity index (χ4v) is 3.25. The van der Waals surface area contributed by atoms with Crippen LogP contribution in [0.1, 0.15) is 10.8 Å². The molecule has 0 saturated heterocycles. The minimum atomic E-state index is -5.18. The predicted octanol–water partition coefficient (Wildman–Crippen LogP) is -0.549. The van der Waals surface area contributed by atoms with Crippen LogP contribution in [0.5, 0.6) is 0 Å². The molecule has 1 aromatic carbocycles. The molecule has 0 aliphatic carbocycles. The van der Waals surface area contributed by atoms with Gasteiger partial charge in [-0.15, -0.1) is 3.63 Å². The molecule has 0 bridgehead atoms. The van der Waals surface area contributed by atoms with E-state index in [0.29, 0.717) is 5.69 Å². The summed E-state index contributed by atoms with van der Waals surface area (Å²) in [5, 5.41) is 7.38. The molecule has 0 aliphatic rings. The van der Waals surface area contributed by atoms with Crippen molar-refractivity contribution in [3.8, 4) is 0 Å². The normalized spacial score (nSPS) is 14.3. The highest BCUT2D eigenvalue weighted by Gasteiger charge is 2.32. The van der Waals surface area contributed by atoms with E-state index in [4.69, 9.17) is 15.4 Å². The summed E-state index contributed by atoms with van der Waals surface area (Å²) in [5.41, 5.74) is 5.84. The molecule has 10 heteroatoms. The Morgan fingerprint density at radius 2 is 1.67 bits per heavy atom. The van der Waals surface area contributed by atoms with Gasteiger partial charge in [-0.25, -0.2) is 0 Å². The van der Waals surface area contributed by atoms with Gasteiger partial charge in [-0.05, 0) is 17.7 Å². The summed E-state index contributed by atoms with van der Waals surface area (Å²) < 4.78 is 55.8. The maximum atomic E-state index is 11.5. The van der Waals surface area contributed by atoms with E-state index >= 15 is 0 Å². The Bertz CT molecular complexity index is 605. The van der Waals surface area contributed by atoms with Crippen LogP contribution in [0.4, 0.5) is 5.69 Å². The lowest BCUT2D eigenvalue weighted by Gasteiger charge is -2.13. The second-order valence-corrected chi connectivity index (χ2v) is 6.28. The standard InChI is InChI=1S/C8H11NO7S2/c9-7-3-1-6(2-4-7)8(5-10)17(11,12)16-18(13,14)15/h1-4,8,10H,5,9H2,(H,13,14,15). The Morgan fingerprint density at radius 1 is 1.17 bits per heavy atom. The van der Waals surface area contributed by atoms with Gasteiger partial charge in [-0.2, -0.15) is 16.8 Å². The van der Waals surface area contributed by atoms with E-state index in [0.717, 1.165) is 0 Å². The van der Waals surface area contributed by atoms with Gasteiger partial charge in [0.1, 0.15) is 5.25 Å². The van der Waals surface area contributed by atoms with Crippen molar-refractivity contribution in [3.05, 3.63) is 29.8 Å². The van der Waals surface area contributed by atoms with Crippen LogP contribution in [0.2, 0.25) is 0 Å². The van der Waals surface area contributed by atoms with Crippen LogP contribution < -0.4 is 5.73 Å². The topological polar surface area (TPSA) is 144 Å². The molecule has 8 nitrogen and oxygen atoms in total. The van der Waals surface area contributed by atoms with Gasteiger partial charge in [-0.1, -0.05) is 12.1 Å². The SMILES string of the molecule is Nc1ccc(C(CO)S(=O)(=O)OS(=O)(=O)O)cc1. The Balaban J connectivity index is 3.14. The van der Waals surface area contributed by atoms with Crippen LogP contribution in [0.3, 0.4) is 0 Å². The average molecular weight is 297 g/mol. The van der Waals surface area contributed by atoms with Gasteiger partial charge in [0.05, 0.1) is 6.61 Å². The lowest BCUT2D eigenvalue weighted by atomic mass is 10.1. The van der Waals surface area contributed by atoms with Crippen LogP contribution in [0, 0.1) is 0 Å². The molecule has 0 fully saturated rings.